The number of methoxy groups -OCH3 is 1. The van der Waals surface area contributed by atoms with Crippen LogP contribution in [0, 0.1) is 11.7 Å². The normalized spacial score (nSPS) is 18.9. The maximum Gasteiger partial charge on any atom is 0.125 e. The SMILES string of the molecule is COCCCCC(O)(c1ccccc1OCc1ccc(F)cc1)[C@@H]1CCCNC1. The molecule has 2 N–H and O–H groups in total. The zero-order valence-electron chi connectivity index (χ0n) is 17.2. The van der Waals surface area contributed by atoms with Gasteiger partial charge in [0.15, 0.2) is 0 Å². The van der Waals surface area contributed by atoms with Gasteiger partial charge in [-0.15, -0.1) is 0 Å². The van der Waals surface area contributed by atoms with Gasteiger partial charge in [-0.1, -0.05) is 30.3 Å². The van der Waals surface area contributed by atoms with Crippen LogP contribution in [-0.2, 0) is 16.9 Å². The van der Waals surface area contributed by atoms with Crippen LogP contribution >= 0.6 is 0 Å². The Balaban J connectivity index is 1.81. The second-order valence-electron chi connectivity index (χ2n) is 7.83. The number of aliphatic hydroxyl groups is 1. The van der Waals surface area contributed by atoms with Gasteiger partial charge < -0.3 is 19.9 Å². The first-order chi connectivity index (χ1) is 14.1. The van der Waals surface area contributed by atoms with Crippen molar-refractivity contribution in [2.45, 2.75) is 44.3 Å². The molecule has 3 rings (SSSR count). The van der Waals surface area contributed by atoms with Gasteiger partial charge in [0.25, 0.3) is 0 Å². The van der Waals surface area contributed by atoms with Crippen LogP contribution < -0.4 is 10.1 Å². The molecule has 1 aliphatic heterocycles. The number of halogens is 1. The first kappa shape index (κ1) is 21.8. The zero-order valence-corrected chi connectivity index (χ0v) is 17.2. The highest BCUT2D eigenvalue weighted by molar-refractivity contribution is 5.39. The molecule has 29 heavy (non-hydrogen) atoms. The molecule has 5 heteroatoms. The summed E-state index contributed by atoms with van der Waals surface area (Å²) in [5.74, 6) is 0.565. The van der Waals surface area contributed by atoms with Crippen molar-refractivity contribution in [3.63, 3.8) is 0 Å². The molecule has 0 bridgehead atoms. The molecule has 0 saturated carbocycles. The van der Waals surface area contributed by atoms with E-state index in [2.05, 4.69) is 5.32 Å². The molecule has 1 heterocycles. The fraction of sp³-hybridized carbons (Fsp3) is 0.500. The van der Waals surface area contributed by atoms with Crippen molar-refractivity contribution in [3.8, 4) is 5.75 Å². The largest absolute Gasteiger partial charge is 0.489 e. The number of benzene rings is 2. The lowest BCUT2D eigenvalue weighted by molar-refractivity contribution is -0.0454. The summed E-state index contributed by atoms with van der Waals surface area (Å²) in [5, 5.41) is 15.3. The lowest BCUT2D eigenvalue weighted by atomic mass is 9.74. The Morgan fingerprint density at radius 3 is 2.66 bits per heavy atom. The summed E-state index contributed by atoms with van der Waals surface area (Å²) in [6.45, 7) is 2.83. The minimum atomic E-state index is -0.958. The molecular weight excluding hydrogens is 369 g/mol. The van der Waals surface area contributed by atoms with Gasteiger partial charge in [0.1, 0.15) is 18.2 Å². The van der Waals surface area contributed by atoms with Gasteiger partial charge in [-0.25, -0.2) is 4.39 Å². The maximum atomic E-state index is 13.2. The lowest BCUT2D eigenvalue weighted by Crippen LogP contribution is -2.44. The van der Waals surface area contributed by atoms with Crippen LogP contribution in [0.3, 0.4) is 0 Å². The van der Waals surface area contributed by atoms with Crippen LogP contribution in [0.2, 0.25) is 0 Å². The van der Waals surface area contributed by atoms with E-state index < -0.39 is 5.60 Å². The fourth-order valence-corrected chi connectivity index (χ4v) is 4.15. The Hall–Kier alpha value is -1.95. The molecule has 0 aliphatic carbocycles. The van der Waals surface area contributed by atoms with Gasteiger partial charge in [-0.05, 0) is 62.4 Å². The average molecular weight is 402 g/mol. The van der Waals surface area contributed by atoms with E-state index in [0.717, 1.165) is 49.9 Å². The van der Waals surface area contributed by atoms with Crippen molar-refractivity contribution in [3.05, 3.63) is 65.5 Å². The third-order valence-corrected chi connectivity index (χ3v) is 5.79. The summed E-state index contributed by atoms with van der Waals surface area (Å²) in [4.78, 5) is 0. The van der Waals surface area contributed by atoms with Gasteiger partial charge in [0.2, 0.25) is 0 Å². The molecule has 0 aromatic heterocycles. The number of hydrogen-bond donors (Lipinski definition) is 2. The van der Waals surface area contributed by atoms with Crippen LogP contribution in [0.1, 0.15) is 43.2 Å². The minimum absolute atomic E-state index is 0.134. The number of para-hydroxylation sites is 1. The molecular formula is C24H32FNO3. The van der Waals surface area contributed by atoms with Gasteiger partial charge in [-0.3, -0.25) is 0 Å². The monoisotopic (exact) mass is 401 g/mol. The zero-order chi connectivity index (χ0) is 20.5. The Morgan fingerprint density at radius 2 is 1.93 bits per heavy atom. The van der Waals surface area contributed by atoms with Gasteiger partial charge in [-0.2, -0.15) is 0 Å². The summed E-state index contributed by atoms with van der Waals surface area (Å²) in [5.41, 5.74) is 0.776. The predicted octanol–water partition coefficient (Wildman–Crippen LogP) is 4.41. The number of unbranched alkanes of at least 4 members (excludes halogenated alkanes) is 1. The number of nitrogens with one attached hydrogen (secondary N) is 1. The van der Waals surface area contributed by atoms with Gasteiger partial charge in [0, 0.05) is 31.7 Å². The van der Waals surface area contributed by atoms with Crippen LogP contribution in [-0.4, -0.2) is 31.9 Å². The van der Waals surface area contributed by atoms with Crippen molar-refractivity contribution in [2.24, 2.45) is 5.92 Å². The van der Waals surface area contributed by atoms with E-state index in [1.165, 1.54) is 12.1 Å². The first-order valence-corrected chi connectivity index (χ1v) is 10.5. The van der Waals surface area contributed by atoms with E-state index in [1.807, 2.05) is 24.3 Å². The highest BCUT2D eigenvalue weighted by Crippen LogP contribution is 2.42. The Kier molecular flexibility index (Phi) is 8.04. The Bertz CT molecular complexity index is 746. The van der Waals surface area contributed by atoms with E-state index >= 15 is 0 Å². The highest BCUT2D eigenvalue weighted by atomic mass is 19.1. The first-order valence-electron chi connectivity index (χ1n) is 10.5. The lowest BCUT2D eigenvalue weighted by Gasteiger charge is -2.40. The number of piperidine rings is 1. The van der Waals surface area contributed by atoms with E-state index in [0.29, 0.717) is 25.4 Å². The summed E-state index contributed by atoms with van der Waals surface area (Å²) in [6, 6.07) is 14.1. The molecule has 1 saturated heterocycles. The summed E-state index contributed by atoms with van der Waals surface area (Å²) in [7, 11) is 1.70. The molecule has 0 radical (unpaired) electrons. The minimum Gasteiger partial charge on any atom is -0.489 e. The number of hydrogen-bond acceptors (Lipinski definition) is 4. The predicted molar refractivity (Wildman–Crippen MR) is 112 cm³/mol. The smallest absolute Gasteiger partial charge is 0.125 e. The van der Waals surface area contributed by atoms with Crippen molar-refractivity contribution >= 4 is 0 Å². The summed E-state index contributed by atoms with van der Waals surface area (Å²) in [6.07, 6.45) is 4.51. The molecule has 0 amide bonds. The molecule has 1 unspecified atom stereocenters. The van der Waals surface area contributed by atoms with Gasteiger partial charge in [0.05, 0.1) is 5.60 Å². The topological polar surface area (TPSA) is 50.7 Å². The van der Waals surface area contributed by atoms with Crippen LogP contribution in [0.5, 0.6) is 5.75 Å². The Labute approximate surface area is 173 Å². The molecule has 4 nitrogen and oxygen atoms in total. The third-order valence-electron chi connectivity index (χ3n) is 5.79. The van der Waals surface area contributed by atoms with E-state index in [4.69, 9.17) is 9.47 Å². The molecule has 1 fully saturated rings. The fourth-order valence-electron chi connectivity index (χ4n) is 4.15. The highest BCUT2D eigenvalue weighted by Gasteiger charge is 2.40. The van der Waals surface area contributed by atoms with Crippen LogP contribution in [0.15, 0.2) is 48.5 Å². The van der Waals surface area contributed by atoms with Gasteiger partial charge >= 0.3 is 0 Å². The number of ether oxygens (including phenoxy) is 2. The van der Waals surface area contributed by atoms with Crippen LogP contribution in [0.4, 0.5) is 4.39 Å². The van der Waals surface area contributed by atoms with E-state index in [1.54, 1.807) is 19.2 Å². The summed E-state index contributed by atoms with van der Waals surface area (Å²) < 4.78 is 24.4. The molecule has 2 aromatic carbocycles. The van der Waals surface area contributed by atoms with Crippen molar-refractivity contribution in [1.82, 2.24) is 5.32 Å². The van der Waals surface area contributed by atoms with Crippen molar-refractivity contribution in [1.29, 1.82) is 0 Å². The van der Waals surface area contributed by atoms with E-state index in [-0.39, 0.29) is 11.7 Å². The Morgan fingerprint density at radius 1 is 1.14 bits per heavy atom. The third kappa shape index (κ3) is 5.78. The average Bonchev–Trinajstić information content (AvgIpc) is 2.77. The second kappa shape index (κ2) is 10.7. The van der Waals surface area contributed by atoms with Crippen molar-refractivity contribution in [2.75, 3.05) is 26.8 Å². The second-order valence-corrected chi connectivity index (χ2v) is 7.83. The molecule has 2 aromatic rings. The van der Waals surface area contributed by atoms with E-state index in [9.17, 15) is 9.50 Å². The quantitative estimate of drug-likeness (QED) is 0.579. The molecule has 1 aliphatic rings. The molecule has 0 spiro atoms. The van der Waals surface area contributed by atoms with Crippen LogP contribution in [0.25, 0.3) is 0 Å². The maximum absolute atomic E-state index is 13.2. The summed E-state index contributed by atoms with van der Waals surface area (Å²) >= 11 is 0. The molecule has 158 valence electrons. The van der Waals surface area contributed by atoms with Crippen molar-refractivity contribution < 1.29 is 19.0 Å². The standard InChI is InChI=1S/C24H32FNO3/c1-28-16-5-4-14-24(27,20-7-6-15-26-17-20)22-8-2-3-9-23(22)29-18-19-10-12-21(25)13-11-19/h2-3,8-13,20,26-27H,4-7,14-18H2,1H3/t20-,24?/m1/s1. The number of rotatable bonds is 10. The molecule has 2 atom stereocenters.